The van der Waals surface area contributed by atoms with Crippen LogP contribution in [0, 0.1) is 27.7 Å². The minimum atomic E-state index is -0.132. The molecule has 0 aliphatic carbocycles. The van der Waals surface area contributed by atoms with E-state index in [4.69, 9.17) is 14.5 Å². The predicted octanol–water partition coefficient (Wildman–Crippen LogP) is 5.87. The molecule has 1 aromatic heterocycles. The molecule has 3 aromatic carbocycles. The summed E-state index contributed by atoms with van der Waals surface area (Å²) in [5, 5.41) is 2.97. The topological polar surface area (TPSA) is 65.4 Å². The van der Waals surface area contributed by atoms with Gasteiger partial charge in [0.15, 0.2) is 6.61 Å². The van der Waals surface area contributed by atoms with Crippen LogP contribution in [0.4, 0.5) is 0 Å². The summed E-state index contributed by atoms with van der Waals surface area (Å²) in [5.41, 5.74) is 6.68. The lowest BCUT2D eigenvalue weighted by molar-refractivity contribution is -0.123. The number of ether oxygens (including phenoxy) is 2. The van der Waals surface area contributed by atoms with E-state index in [9.17, 15) is 4.79 Å². The fraction of sp³-hybridized carbons (Fsp3) is 0.355. The van der Waals surface area contributed by atoms with Crippen LogP contribution < -0.4 is 14.8 Å². The molecule has 0 saturated heterocycles. The molecule has 1 amide bonds. The van der Waals surface area contributed by atoms with Gasteiger partial charge in [-0.3, -0.25) is 4.79 Å². The van der Waals surface area contributed by atoms with Crippen molar-refractivity contribution in [3.63, 3.8) is 0 Å². The van der Waals surface area contributed by atoms with Crippen LogP contribution in [0.3, 0.4) is 0 Å². The number of aromatic nitrogens is 2. The Kier molecular flexibility index (Phi) is 8.83. The number of rotatable bonds is 12. The van der Waals surface area contributed by atoms with Crippen LogP contribution in [-0.2, 0) is 17.8 Å². The third-order valence-corrected chi connectivity index (χ3v) is 6.70. The van der Waals surface area contributed by atoms with Gasteiger partial charge >= 0.3 is 0 Å². The molecule has 0 fully saturated rings. The number of para-hydroxylation sites is 2. The fourth-order valence-electron chi connectivity index (χ4n) is 4.37. The molecule has 37 heavy (non-hydrogen) atoms. The second-order valence-electron chi connectivity index (χ2n) is 9.58. The Balaban J connectivity index is 1.28. The van der Waals surface area contributed by atoms with Crippen molar-refractivity contribution in [2.45, 2.75) is 53.5 Å². The van der Waals surface area contributed by atoms with Gasteiger partial charge in [0.2, 0.25) is 0 Å². The molecule has 0 bridgehead atoms. The standard InChI is InChI=1S/C31H37N3O3/c1-22-14-15-24(3)29(20-22)37-21-31(35)32-17-16-30-33-26-11-5-6-12-27(26)34(30)18-7-8-19-36-28-13-9-10-23(2)25(28)4/h5-6,9-15,20H,7-8,16-19,21H2,1-4H3,(H,32,35). The zero-order chi connectivity index (χ0) is 26.2. The molecule has 4 rings (SSSR count). The average molecular weight is 500 g/mol. The summed E-state index contributed by atoms with van der Waals surface area (Å²) in [4.78, 5) is 17.2. The number of carbonyl (C=O) groups excluding carboxylic acids is 1. The van der Waals surface area contributed by atoms with E-state index in [0.717, 1.165) is 58.9 Å². The molecule has 6 nitrogen and oxygen atoms in total. The predicted molar refractivity (Wildman–Crippen MR) is 149 cm³/mol. The molecule has 1 N–H and O–H groups in total. The molecule has 0 atom stereocenters. The van der Waals surface area contributed by atoms with Gasteiger partial charge in [-0.2, -0.15) is 0 Å². The lowest BCUT2D eigenvalue weighted by atomic mass is 10.1. The number of nitrogens with zero attached hydrogens (tertiary/aromatic N) is 2. The van der Waals surface area contributed by atoms with Gasteiger partial charge in [0, 0.05) is 19.5 Å². The largest absolute Gasteiger partial charge is 0.493 e. The monoisotopic (exact) mass is 499 g/mol. The minimum absolute atomic E-state index is 0.00111. The first-order chi connectivity index (χ1) is 17.9. The van der Waals surface area contributed by atoms with Crippen LogP contribution in [0.1, 0.15) is 40.9 Å². The Morgan fingerprint density at radius 3 is 2.59 bits per heavy atom. The number of unbranched alkanes of at least 4 members (excludes halogenated alkanes) is 1. The van der Waals surface area contributed by atoms with Crippen LogP contribution >= 0.6 is 0 Å². The first-order valence-corrected chi connectivity index (χ1v) is 13.0. The van der Waals surface area contributed by atoms with E-state index in [-0.39, 0.29) is 12.5 Å². The van der Waals surface area contributed by atoms with Crippen LogP contribution in [0.2, 0.25) is 0 Å². The second-order valence-corrected chi connectivity index (χ2v) is 9.58. The SMILES string of the molecule is Cc1ccc(C)c(OCC(=O)NCCc2nc3ccccc3n2CCCCOc2cccc(C)c2C)c1. The Labute approximate surface area is 219 Å². The lowest BCUT2D eigenvalue weighted by Gasteiger charge is -2.13. The quantitative estimate of drug-likeness (QED) is 0.248. The number of imidazole rings is 1. The fourth-order valence-corrected chi connectivity index (χ4v) is 4.37. The Morgan fingerprint density at radius 2 is 1.73 bits per heavy atom. The molecule has 0 saturated carbocycles. The molecule has 0 aliphatic heterocycles. The highest BCUT2D eigenvalue weighted by atomic mass is 16.5. The number of aryl methyl sites for hydroxylation is 4. The van der Waals surface area contributed by atoms with Gasteiger partial charge in [-0.05, 0) is 87.1 Å². The average Bonchev–Trinajstić information content (AvgIpc) is 3.24. The highest BCUT2D eigenvalue weighted by Gasteiger charge is 2.12. The maximum atomic E-state index is 12.4. The number of benzene rings is 3. The molecule has 0 radical (unpaired) electrons. The summed E-state index contributed by atoms with van der Waals surface area (Å²) in [6.45, 7) is 10.2. The molecule has 0 spiro atoms. The number of hydrogen-bond donors (Lipinski definition) is 1. The normalized spacial score (nSPS) is 11.0. The zero-order valence-electron chi connectivity index (χ0n) is 22.3. The Bertz CT molecular complexity index is 1360. The molecule has 4 aromatic rings. The van der Waals surface area contributed by atoms with E-state index in [1.807, 2.05) is 62.4 Å². The van der Waals surface area contributed by atoms with E-state index in [0.29, 0.717) is 19.6 Å². The van der Waals surface area contributed by atoms with Gasteiger partial charge in [-0.1, -0.05) is 36.4 Å². The maximum absolute atomic E-state index is 12.4. The van der Waals surface area contributed by atoms with E-state index in [2.05, 4.69) is 35.9 Å². The van der Waals surface area contributed by atoms with Gasteiger partial charge < -0.3 is 19.4 Å². The highest BCUT2D eigenvalue weighted by molar-refractivity contribution is 5.78. The molecule has 1 heterocycles. The lowest BCUT2D eigenvalue weighted by Crippen LogP contribution is -2.31. The Hall–Kier alpha value is -3.80. The van der Waals surface area contributed by atoms with Gasteiger partial charge in [0.05, 0.1) is 17.6 Å². The van der Waals surface area contributed by atoms with Crippen molar-refractivity contribution in [3.05, 3.63) is 88.7 Å². The smallest absolute Gasteiger partial charge is 0.257 e. The third kappa shape index (κ3) is 6.91. The molecular weight excluding hydrogens is 462 g/mol. The maximum Gasteiger partial charge on any atom is 0.257 e. The van der Waals surface area contributed by atoms with Gasteiger partial charge in [0.25, 0.3) is 5.91 Å². The van der Waals surface area contributed by atoms with Gasteiger partial charge in [0.1, 0.15) is 17.3 Å². The Morgan fingerprint density at radius 1 is 0.892 bits per heavy atom. The zero-order valence-corrected chi connectivity index (χ0v) is 22.3. The molecule has 0 aliphatic rings. The number of nitrogens with one attached hydrogen (secondary N) is 1. The first kappa shape index (κ1) is 26.3. The summed E-state index contributed by atoms with van der Waals surface area (Å²) in [5.74, 6) is 2.56. The summed E-state index contributed by atoms with van der Waals surface area (Å²) >= 11 is 0. The molecule has 6 heteroatoms. The summed E-state index contributed by atoms with van der Waals surface area (Å²) < 4.78 is 14.0. The molecule has 0 unspecified atom stereocenters. The van der Waals surface area contributed by atoms with Crippen molar-refractivity contribution in [1.29, 1.82) is 0 Å². The summed E-state index contributed by atoms with van der Waals surface area (Å²) in [6, 6.07) is 20.4. The van der Waals surface area contributed by atoms with Crippen LogP contribution in [-0.4, -0.2) is 35.2 Å². The van der Waals surface area contributed by atoms with E-state index in [1.165, 1.54) is 11.1 Å². The van der Waals surface area contributed by atoms with Crippen molar-refractivity contribution >= 4 is 16.9 Å². The van der Waals surface area contributed by atoms with Crippen molar-refractivity contribution in [2.75, 3.05) is 19.8 Å². The van der Waals surface area contributed by atoms with Gasteiger partial charge in [-0.25, -0.2) is 4.98 Å². The number of amides is 1. The van der Waals surface area contributed by atoms with Crippen molar-refractivity contribution in [2.24, 2.45) is 0 Å². The van der Waals surface area contributed by atoms with Crippen LogP contribution in [0.5, 0.6) is 11.5 Å². The van der Waals surface area contributed by atoms with Crippen LogP contribution in [0.15, 0.2) is 60.7 Å². The van der Waals surface area contributed by atoms with E-state index in [1.54, 1.807) is 0 Å². The van der Waals surface area contributed by atoms with Crippen molar-refractivity contribution in [1.82, 2.24) is 14.9 Å². The minimum Gasteiger partial charge on any atom is -0.493 e. The van der Waals surface area contributed by atoms with Crippen LogP contribution in [0.25, 0.3) is 11.0 Å². The highest BCUT2D eigenvalue weighted by Crippen LogP contribution is 2.22. The van der Waals surface area contributed by atoms with E-state index >= 15 is 0 Å². The van der Waals surface area contributed by atoms with Crippen molar-refractivity contribution in [3.8, 4) is 11.5 Å². The van der Waals surface area contributed by atoms with Gasteiger partial charge in [-0.15, -0.1) is 0 Å². The summed E-state index contributed by atoms with van der Waals surface area (Å²) in [7, 11) is 0. The first-order valence-electron chi connectivity index (χ1n) is 13.0. The second kappa shape index (κ2) is 12.4. The van der Waals surface area contributed by atoms with Crippen molar-refractivity contribution < 1.29 is 14.3 Å². The summed E-state index contributed by atoms with van der Waals surface area (Å²) in [6.07, 6.45) is 2.59. The molecular formula is C31H37N3O3. The number of hydrogen-bond acceptors (Lipinski definition) is 4. The number of carbonyl (C=O) groups is 1. The number of fused-ring (bicyclic) bond motifs is 1. The third-order valence-electron chi connectivity index (χ3n) is 6.70. The molecule has 194 valence electrons. The van der Waals surface area contributed by atoms with E-state index < -0.39 is 0 Å².